The molecule has 1 aliphatic carbocycles. The van der Waals surface area contributed by atoms with Gasteiger partial charge in [0.1, 0.15) is 0 Å². The molecular weight excluding hydrogens is 202 g/mol. The number of hydrogen-bond donors (Lipinski definition) is 1. The summed E-state index contributed by atoms with van der Waals surface area (Å²) in [6.07, 6.45) is 3.15. The van der Waals surface area contributed by atoms with Gasteiger partial charge in [0.15, 0.2) is 0 Å². The van der Waals surface area contributed by atoms with Crippen molar-refractivity contribution >= 4 is 5.97 Å². The summed E-state index contributed by atoms with van der Waals surface area (Å²) < 4.78 is 4.89. The molecular formula is C13H23NO2. The van der Waals surface area contributed by atoms with Crippen molar-refractivity contribution in [2.45, 2.75) is 46.1 Å². The molecule has 3 nitrogen and oxygen atoms in total. The van der Waals surface area contributed by atoms with Crippen LogP contribution in [0.3, 0.4) is 0 Å². The van der Waals surface area contributed by atoms with Crippen LogP contribution in [-0.4, -0.2) is 25.2 Å². The lowest BCUT2D eigenvalue weighted by Gasteiger charge is -2.36. The molecule has 92 valence electrons. The van der Waals surface area contributed by atoms with Gasteiger partial charge in [-0.2, -0.15) is 0 Å². The second-order valence-corrected chi connectivity index (χ2v) is 5.38. The van der Waals surface area contributed by atoms with E-state index in [1.165, 1.54) is 5.57 Å². The third kappa shape index (κ3) is 4.35. The van der Waals surface area contributed by atoms with Gasteiger partial charge in [0.25, 0.3) is 0 Å². The summed E-state index contributed by atoms with van der Waals surface area (Å²) >= 11 is 0. The highest BCUT2D eigenvalue weighted by atomic mass is 16.5. The van der Waals surface area contributed by atoms with E-state index >= 15 is 0 Å². The smallest absolute Gasteiger partial charge is 0.319 e. The number of ether oxygens (including phenoxy) is 1. The quantitative estimate of drug-likeness (QED) is 0.589. The highest BCUT2D eigenvalue weighted by molar-refractivity contribution is 5.71. The molecule has 1 fully saturated rings. The SMILES string of the molecule is C=C1CC(NCC(=O)OCC)CC(C)(C)C1. The zero-order valence-electron chi connectivity index (χ0n) is 10.6. The van der Waals surface area contributed by atoms with Crippen LogP contribution in [0.2, 0.25) is 0 Å². The van der Waals surface area contributed by atoms with Gasteiger partial charge in [0.05, 0.1) is 13.2 Å². The number of rotatable bonds is 4. The Balaban J connectivity index is 2.37. The summed E-state index contributed by atoms with van der Waals surface area (Å²) in [6, 6.07) is 0.362. The lowest BCUT2D eigenvalue weighted by molar-refractivity contribution is -0.142. The van der Waals surface area contributed by atoms with E-state index in [-0.39, 0.29) is 5.97 Å². The predicted molar refractivity (Wildman–Crippen MR) is 65.2 cm³/mol. The van der Waals surface area contributed by atoms with Crippen LogP contribution in [0.15, 0.2) is 12.2 Å². The van der Waals surface area contributed by atoms with Crippen LogP contribution in [-0.2, 0) is 9.53 Å². The second kappa shape index (κ2) is 5.48. The predicted octanol–water partition coefficient (Wildman–Crippen LogP) is 2.27. The molecule has 0 aromatic heterocycles. The Morgan fingerprint density at radius 2 is 2.31 bits per heavy atom. The molecule has 0 bridgehead atoms. The molecule has 0 aromatic rings. The van der Waals surface area contributed by atoms with Crippen LogP contribution in [0, 0.1) is 5.41 Å². The molecule has 1 atom stereocenters. The first-order chi connectivity index (χ1) is 7.43. The van der Waals surface area contributed by atoms with Gasteiger partial charge in [-0.05, 0) is 31.6 Å². The summed E-state index contributed by atoms with van der Waals surface area (Å²) in [5, 5.41) is 3.26. The molecule has 16 heavy (non-hydrogen) atoms. The molecule has 1 N–H and O–H groups in total. The van der Waals surface area contributed by atoms with Crippen molar-refractivity contribution in [3.8, 4) is 0 Å². The Kier molecular flexibility index (Phi) is 4.54. The Hall–Kier alpha value is -0.830. The molecule has 3 heteroatoms. The van der Waals surface area contributed by atoms with Crippen molar-refractivity contribution in [2.24, 2.45) is 5.41 Å². The molecule has 0 spiro atoms. The monoisotopic (exact) mass is 225 g/mol. The average Bonchev–Trinajstić information content (AvgIpc) is 2.12. The fourth-order valence-electron chi connectivity index (χ4n) is 2.49. The second-order valence-electron chi connectivity index (χ2n) is 5.38. The molecule has 0 radical (unpaired) electrons. The van der Waals surface area contributed by atoms with Crippen molar-refractivity contribution in [3.63, 3.8) is 0 Å². The average molecular weight is 225 g/mol. The Morgan fingerprint density at radius 3 is 2.88 bits per heavy atom. The topological polar surface area (TPSA) is 38.3 Å². The molecule has 0 aromatic carbocycles. The van der Waals surface area contributed by atoms with E-state index in [4.69, 9.17) is 4.74 Å². The van der Waals surface area contributed by atoms with Crippen molar-refractivity contribution in [1.82, 2.24) is 5.32 Å². The molecule has 0 heterocycles. The molecule has 0 amide bonds. The maximum absolute atomic E-state index is 11.2. The normalized spacial score (nSPS) is 24.2. The first kappa shape index (κ1) is 13.2. The summed E-state index contributed by atoms with van der Waals surface area (Å²) in [4.78, 5) is 11.2. The summed E-state index contributed by atoms with van der Waals surface area (Å²) in [5.74, 6) is -0.170. The minimum atomic E-state index is -0.170. The van der Waals surface area contributed by atoms with Crippen LogP contribution in [0.5, 0.6) is 0 Å². The molecule has 0 saturated heterocycles. The van der Waals surface area contributed by atoms with Crippen LogP contribution in [0.4, 0.5) is 0 Å². The van der Waals surface area contributed by atoms with Crippen LogP contribution < -0.4 is 5.32 Å². The van der Waals surface area contributed by atoms with E-state index in [1.54, 1.807) is 0 Å². The van der Waals surface area contributed by atoms with Crippen molar-refractivity contribution in [2.75, 3.05) is 13.2 Å². The van der Waals surface area contributed by atoms with E-state index in [9.17, 15) is 4.79 Å². The van der Waals surface area contributed by atoms with E-state index < -0.39 is 0 Å². The van der Waals surface area contributed by atoms with E-state index in [0.29, 0.717) is 24.6 Å². The standard InChI is InChI=1S/C13H23NO2/c1-5-16-12(15)9-14-11-6-10(2)7-13(3,4)8-11/h11,14H,2,5-9H2,1,3-4H3. The molecule has 1 unspecified atom stereocenters. The lowest BCUT2D eigenvalue weighted by Crippen LogP contribution is -2.40. The van der Waals surface area contributed by atoms with Crippen molar-refractivity contribution in [3.05, 3.63) is 12.2 Å². The van der Waals surface area contributed by atoms with Crippen LogP contribution in [0.25, 0.3) is 0 Å². The van der Waals surface area contributed by atoms with Gasteiger partial charge >= 0.3 is 5.97 Å². The van der Waals surface area contributed by atoms with Crippen LogP contribution in [0.1, 0.15) is 40.0 Å². The van der Waals surface area contributed by atoms with Gasteiger partial charge in [-0.3, -0.25) is 4.79 Å². The highest BCUT2D eigenvalue weighted by Gasteiger charge is 2.29. The number of carbonyl (C=O) groups is 1. The van der Waals surface area contributed by atoms with Crippen molar-refractivity contribution < 1.29 is 9.53 Å². The highest BCUT2D eigenvalue weighted by Crippen LogP contribution is 2.37. The zero-order valence-corrected chi connectivity index (χ0v) is 10.6. The Labute approximate surface area is 98.2 Å². The minimum absolute atomic E-state index is 0.170. The lowest BCUT2D eigenvalue weighted by atomic mass is 9.73. The van der Waals surface area contributed by atoms with Gasteiger partial charge in [-0.1, -0.05) is 26.0 Å². The van der Waals surface area contributed by atoms with Crippen LogP contribution >= 0.6 is 0 Å². The Morgan fingerprint density at radius 1 is 1.62 bits per heavy atom. The summed E-state index contributed by atoms with van der Waals surface area (Å²) in [6.45, 7) is 11.1. The molecule has 1 aliphatic rings. The third-order valence-electron chi connectivity index (χ3n) is 2.90. The molecule has 0 aliphatic heterocycles. The van der Waals surface area contributed by atoms with Gasteiger partial charge in [0.2, 0.25) is 0 Å². The largest absolute Gasteiger partial charge is 0.465 e. The maximum Gasteiger partial charge on any atom is 0.319 e. The third-order valence-corrected chi connectivity index (χ3v) is 2.90. The molecule has 1 saturated carbocycles. The minimum Gasteiger partial charge on any atom is -0.465 e. The zero-order chi connectivity index (χ0) is 12.2. The first-order valence-electron chi connectivity index (χ1n) is 5.98. The fraction of sp³-hybridized carbons (Fsp3) is 0.769. The van der Waals surface area contributed by atoms with Gasteiger partial charge in [0, 0.05) is 6.04 Å². The van der Waals surface area contributed by atoms with Gasteiger partial charge in [-0.25, -0.2) is 0 Å². The summed E-state index contributed by atoms with van der Waals surface area (Å²) in [5.41, 5.74) is 1.57. The van der Waals surface area contributed by atoms with E-state index in [0.717, 1.165) is 19.3 Å². The molecule has 1 rings (SSSR count). The van der Waals surface area contributed by atoms with E-state index in [2.05, 4.69) is 25.7 Å². The fourth-order valence-corrected chi connectivity index (χ4v) is 2.49. The van der Waals surface area contributed by atoms with E-state index in [1.807, 2.05) is 6.92 Å². The summed E-state index contributed by atoms with van der Waals surface area (Å²) in [7, 11) is 0. The number of hydrogen-bond acceptors (Lipinski definition) is 3. The van der Waals surface area contributed by atoms with Crippen molar-refractivity contribution in [1.29, 1.82) is 0 Å². The Bertz CT molecular complexity index is 271. The van der Waals surface area contributed by atoms with Gasteiger partial charge < -0.3 is 10.1 Å². The number of esters is 1. The van der Waals surface area contributed by atoms with Gasteiger partial charge in [-0.15, -0.1) is 0 Å². The number of nitrogens with one attached hydrogen (secondary N) is 1. The maximum atomic E-state index is 11.2. The number of carbonyl (C=O) groups excluding carboxylic acids is 1. The first-order valence-corrected chi connectivity index (χ1v) is 5.98.